The predicted octanol–water partition coefficient (Wildman–Crippen LogP) is 4.45. The van der Waals surface area contributed by atoms with E-state index < -0.39 is 20.1 Å². The van der Waals surface area contributed by atoms with Gasteiger partial charge >= 0.3 is 0 Å². The molecule has 1 heterocycles. The van der Waals surface area contributed by atoms with E-state index in [9.17, 15) is 16.8 Å². The molecule has 34 heavy (non-hydrogen) atoms. The molecule has 0 saturated carbocycles. The Kier molecular flexibility index (Phi) is 6.53. The molecule has 0 aliphatic carbocycles. The Morgan fingerprint density at radius 3 is 1.97 bits per heavy atom. The Morgan fingerprint density at radius 1 is 0.794 bits per heavy atom. The van der Waals surface area contributed by atoms with Crippen LogP contribution < -0.4 is 4.74 Å². The van der Waals surface area contributed by atoms with E-state index in [1.807, 2.05) is 13.8 Å². The summed E-state index contributed by atoms with van der Waals surface area (Å²) in [6, 6.07) is 18.1. The summed E-state index contributed by atoms with van der Waals surface area (Å²) in [6.07, 6.45) is 1.70. The largest absolute Gasteiger partial charge is 0.497 e. The smallest absolute Gasteiger partial charge is 0.296 e. The second-order valence-electron chi connectivity index (χ2n) is 7.99. The summed E-state index contributed by atoms with van der Waals surface area (Å²) in [5, 5.41) is 0.645. The fourth-order valence-electron chi connectivity index (χ4n) is 3.63. The number of hydrogen-bond donors (Lipinski definition) is 0. The zero-order valence-electron chi connectivity index (χ0n) is 19.1. The summed E-state index contributed by atoms with van der Waals surface area (Å²) in [5.41, 5.74) is 2.99. The van der Waals surface area contributed by atoms with Crippen LogP contribution in [0.5, 0.6) is 5.75 Å². The minimum Gasteiger partial charge on any atom is -0.497 e. The lowest BCUT2D eigenvalue weighted by Crippen LogP contribution is -2.12. The average Bonchev–Trinajstić information content (AvgIpc) is 3.18. The number of benzene rings is 3. The first-order valence-electron chi connectivity index (χ1n) is 10.6. The zero-order valence-corrected chi connectivity index (χ0v) is 20.7. The van der Waals surface area contributed by atoms with Gasteiger partial charge in [-0.05, 0) is 68.3 Å². The third-order valence-electron chi connectivity index (χ3n) is 5.56. The van der Waals surface area contributed by atoms with Gasteiger partial charge in [0.1, 0.15) is 5.75 Å². The van der Waals surface area contributed by atoms with E-state index in [4.69, 9.17) is 8.92 Å². The van der Waals surface area contributed by atoms with Crippen LogP contribution in [0, 0.1) is 13.8 Å². The van der Waals surface area contributed by atoms with Crippen LogP contribution in [0.15, 0.2) is 82.7 Å². The van der Waals surface area contributed by atoms with Crippen LogP contribution in [0.2, 0.25) is 0 Å². The Bertz CT molecular complexity index is 1540. The van der Waals surface area contributed by atoms with Crippen molar-refractivity contribution in [2.24, 2.45) is 0 Å². The van der Waals surface area contributed by atoms with E-state index >= 15 is 0 Å². The molecule has 0 radical (unpaired) electrons. The highest BCUT2D eigenvalue weighted by Gasteiger charge is 2.22. The normalized spacial score (nSPS) is 12.2. The molecule has 0 aliphatic heterocycles. The molecule has 0 amide bonds. The summed E-state index contributed by atoms with van der Waals surface area (Å²) >= 11 is 0. The van der Waals surface area contributed by atoms with E-state index in [0.29, 0.717) is 22.2 Å². The summed E-state index contributed by atoms with van der Waals surface area (Å²) < 4.78 is 63.6. The topological polar surface area (TPSA) is 91.7 Å². The van der Waals surface area contributed by atoms with Gasteiger partial charge in [-0.1, -0.05) is 35.4 Å². The molecule has 0 bridgehead atoms. The number of methoxy groups -OCH3 is 1. The molecule has 178 valence electrons. The fourth-order valence-corrected chi connectivity index (χ4v) is 5.93. The van der Waals surface area contributed by atoms with Gasteiger partial charge in [0, 0.05) is 11.6 Å². The summed E-state index contributed by atoms with van der Waals surface area (Å²) in [7, 11) is -6.27. The van der Waals surface area contributed by atoms with Gasteiger partial charge in [-0.25, -0.2) is 12.4 Å². The lowest BCUT2D eigenvalue weighted by molar-refractivity contribution is 0.322. The highest BCUT2D eigenvalue weighted by molar-refractivity contribution is 7.90. The molecule has 0 spiro atoms. The SMILES string of the molecule is COc1ccc2c(c1)c(CCOS(=O)(=O)c1ccc(C)cc1)cn2S(=O)(=O)c1ccc(C)cc1. The van der Waals surface area contributed by atoms with Gasteiger partial charge in [0.15, 0.2) is 0 Å². The van der Waals surface area contributed by atoms with Crippen LogP contribution in [0.25, 0.3) is 10.9 Å². The van der Waals surface area contributed by atoms with Crippen LogP contribution in [0.3, 0.4) is 0 Å². The first-order chi connectivity index (χ1) is 16.1. The number of ether oxygens (including phenoxy) is 1. The number of aryl methyl sites for hydroxylation is 2. The maximum absolute atomic E-state index is 13.4. The molecule has 0 atom stereocenters. The molecule has 0 unspecified atom stereocenters. The van der Waals surface area contributed by atoms with Crippen molar-refractivity contribution >= 4 is 31.0 Å². The standard InChI is InChI=1S/C25H25NO6S2/c1-18-4-9-22(10-5-18)33(27,28)26-17-20(24-16-21(31-3)8-13-25(24)26)14-15-32-34(29,30)23-11-6-19(2)7-12-23/h4-13,16-17H,14-15H2,1-3H3. The quantitative estimate of drug-likeness (QED) is 0.333. The van der Waals surface area contributed by atoms with Crippen molar-refractivity contribution in [3.05, 3.63) is 89.6 Å². The summed E-state index contributed by atoms with van der Waals surface area (Å²) in [4.78, 5) is 0.236. The van der Waals surface area contributed by atoms with Crippen molar-refractivity contribution in [2.45, 2.75) is 30.1 Å². The van der Waals surface area contributed by atoms with Gasteiger partial charge < -0.3 is 4.74 Å². The minimum absolute atomic E-state index is 0.0733. The van der Waals surface area contributed by atoms with E-state index in [1.54, 1.807) is 54.6 Å². The highest BCUT2D eigenvalue weighted by atomic mass is 32.2. The molecule has 7 nitrogen and oxygen atoms in total. The van der Waals surface area contributed by atoms with E-state index in [1.165, 1.54) is 29.4 Å². The average molecular weight is 500 g/mol. The van der Waals surface area contributed by atoms with Crippen molar-refractivity contribution in [2.75, 3.05) is 13.7 Å². The monoisotopic (exact) mass is 499 g/mol. The van der Waals surface area contributed by atoms with E-state index in [0.717, 1.165) is 11.1 Å². The minimum atomic E-state index is -3.93. The van der Waals surface area contributed by atoms with Crippen LogP contribution in [-0.2, 0) is 30.7 Å². The molecule has 1 aromatic heterocycles. The van der Waals surface area contributed by atoms with Gasteiger partial charge in [-0.3, -0.25) is 4.18 Å². The highest BCUT2D eigenvalue weighted by Crippen LogP contribution is 2.30. The van der Waals surface area contributed by atoms with Crippen molar-refractivity contribution in [3.8, 4) is 5.75 Å². The van der Waals surface area contributed by atoms with Crippen LogP contribution in [-0.4, -0.2) is 34.5 Å². The van der Waals surface area contributed by atoms with Gasteiger partial charge in [0.05, 0.1) is 29.0 Å². The van der Waals surface area contributed by atoms with Crippen LogP contribution in [0.4, 0.5) is 0 Å². The zero-order chi connectivity index (χ0) is 24.5. The van der Waals surface area contributed by atoms with E-state index in [-0.39, 0.29) is 22.8 Å². The number of hydrogen-bond acceptors (Lipinski definition) is 6. The third-order valence-corrected chi connectivity index (χ3v) is 8.57. The summed E-state index contributed by atoms with van der Waals surface area (Å²) in [5.74, 6) is 0.562. The number of rotatable bonds is 8. The lowest BCUT2D eigenvalue weighted by atomic mass is 10.1. The molecule has 9 heteroatoms. The van der Waals surface area contributed by atoms with Gasteiger partial charge in [0.2, 0.25) is 0 Å². The third kappa shape index (κ3) is 4.72. The fraction of sp³-hybridized carbons (Fsp3) is 0.200. The van der Waals surface area contributed by atoms with Crippen molar-refractivity contribution < 1.29 is 25.8 Å². The predicted molar refractivity (Wildman–Crippen MR) is 130 cm³/mol. The Labute approximate surface area is 199 Å². The molecular weight excluding hydrogens is 474 g/mol. The van der Waals surface area contributed by atoms with Crippen LogP contribution in [0.1, 0.15) is 16.7 Å². The molecule has 4 aromatic rings. The second-order valence-corrected chi connectivity index (χ2v) is 11.4. The maximum atomic E-state index is 13.4. The Hall–Kier alpha value is -3.14. The molecule has 4 rings (SSSR count). The van der Waals surface area contributed by atoms with Crippen LogP contribution >= 0.6 is 0 Å². The Morgan fingerprint density at radius 2 is 1.38 bits per heavy atom. The Balaban J connectivity index is 1.67. The van der Waals surface area contributed by atoms with Gasteiger partial charge in [-0.2, -0.15) is 8.42 Å². The van der Waals surface area contributed by atoms with Crippen molar-refractivity contribution in [1.29, 1.82) is 0 Å². The van der Waals surface area contributed by atoms with E-state index in [2.05, 4.69) is 0 Å². The number of nitrogens with zero attached hydrogens (tertiary/aromatic N) is 1. The maximum Gasteiger partial charge on any atom is 0.296 e. The first-order valence-corrected chi connectivity index (χ1v) is 13.4. The summed E-state index contributed by atoms with van der Waals surface area (Å²) in [6.45, 7) is 3.61. The number of fused-ring (bicyclic) bond motifs is 1. The molecule has 0 fully saturated rings. The molecule has 0 saturated heterocycles. The lowest BCUT2D eigenvalue weighted by Gasteiger charge is -2.08. The van der Waals surface area contributed by atoms with Crippen molar-refractivity contribution in [3.63, 3.8) is 0 Å². The molecular formula is C25H25NO6S2. The molecule has 3 aromatic carbocycles. The van der Waals surface area contributed by atoms with Gasteiger partial charge in [-0.15, -0.1) is 0 Å². The second kappa shape index (κ2) is 9.25. The molecule has 0 aliphatic rings. The number of aromatic nitrogens is 1. The van der Waals surface area contributed by atoms with Gasteiger partial charge in [0.25, 0.3) is 20.1 Å². The van der Waals surface area contributed by atoms with Crippen molar-refractivity contribution in [1.82, 2.24) is 3.97 Å². The molecule has 0 N–H and O–H groups in total. The first kappa shape index (κ1) is 24.0.